The molecular weight excluding hydrogens is 641 g/mol. The maximum absolute atomic E-state index is 7.14. The van der Waals surface area contributed by atoms with Crippen molar-refractivity contribution in [2.45, 2.75) is 0 Å². The molecule has 1 aromatic heterocycles. The Morgan fingerprint density at radius 2 is 0.755 bits per heavy atom. The largest absolute Gasteiger partial charge is 0.455 e. The number of benzene rings is 12. The Hall–Kier alpha value is -6.96. The third kappa shape index (κ3) is 3.61. The van der Waals surface area contributed by atoms with Crippen molar-refractivity contribution in [1.82, 2.24) is 0 Å². The van der Waals surface area contributed by atoms with E-state index in [-0.39, 0.29) is 0 Å². The summed E-state index contributed by atoms with van der Waals surface area (Å²) in [6.45, 7) is 0. The van der Waals surface area contributed by atoms with Crippen LogP contribution in [0.3, 0.4) is 0 Å². The van der Waals surface area contributed by atoms with Gasteiger partial charge in [0, 0.05) is 21.7 Å². The molecule has 53 heavy (non-hydrogen) atoms. The number of fused-ring (bicyclic) bond motifs is 7. The minimum Gasteiger partial charge on any atom is -0.455 e. The summed E-state index contributed by atoms with van der Waals surface area (Å²) in [5.41, 5.74) is 6.66. The van der Waals surface area contributed by atoms with Crippen LogP contribution in [0.2, 0.25) is 0 Å². The predicted octanol–water partition coefficient (Wildman–Crippen LogP) is 15.0. The van der Waals surface area contributed by atoms with Gasteiger partial charge < -0.3 is 4.42 Å². The van der Waals surface area contributed by atoms with Gasteiger partial charge in [-0.3, -0.25) is 0 Å². The Balaban J connectivity index is 1.15. The van der Waals surface area contributed by atoms with E-state index < -0.39 is 0 Å². The molecule has 0 saturated carbocycles. The van der Waals surface area contributed by atoms with Crippen LogP contribution < -0.4 is 0 Å². The molecule has 1 heteroatoms. The van der Waals surface area contributed by atoms with Crippen molar-refractivity contribution in [1.29, 1.82) is 0 Å². The van der Waals surface area contributed by atoms with Crippen molar-refractivity contribution in [3.05, 3.63) is 170 Å². The fraction of sp³-hybridized carbons (Fsp3) is 0. The predicted molar refractivity (Wildman–Crippen MR) is 227 cm³/mol. The summed E-state index contributed by atoms with van der Waals surface area (Å²) in [6.07, 6.45) is 0. The average molecular weight is 669 g/mol. The molecule has 0 saturated heterocycles. The van der Waals surface area contributed by atoms with Gasteiger partial charge in [0.2, 0.25) is 0 Å². The van der Waals surface area contributed by atoms with E-state index in [0.29, 0.717) is 0 Å². The maximum atomic E-state index is 7.14. The fourth-order valence-corrected chi connectivity index (χ4v) is 9.73. The average Bonchev–Trinajstić information content (AvgIpc) is 3.62. The first-order valence-corrected chi connectivity index (χ1v) is 18.4. The summed E-state index contributed by atoms with van der Waals surface area (Å²) >= 11 is 0. The highest BCUT2D eigenvalue weighted by Gasteiger charge is 2.21. The standard InChI is InChI=1S/C52H28O/c1-2-10-39-29(5-1)17-26-43-50-44-27-36(38-22-18-34-13-11-30-6-3-8-32-20-24-41(38)48(34)46(30)32)15-16-37(44)28-45(52(50)53-51(39)43)40-23-19-35-14-12-31-7-4-9-33-21-25-42(40)49(35)47(31)33/h1-28H. The zero-order valence-electron chi connectivity index (χ0n) is 28.6. The first-order valence-electron chi connectivity index (χ1n) is 18.4. The first kappa shape index (κ1) is 27.7. The number of rotatable bonds is 2. The minimum absolute atomic E-state index is 0.936. The van der Waals surface area contributed by atoms with Gasteiger partial charge in [-0.1, -0.05) is 152 Å². The molecule has 0 atom stereocenters. The quantitative estimate of drug-likeness (QED) is 0.167. The van der Waals surface area contributed by atoms with Crippen molar-refractivity contribution < 1.29 is 4.42 Å². The molecule has 0 aliphatic rings. The van der Waals surface area contributed by atoms with Crippen molar-refractivity contribution in [3.63, 3.8) is 0 Å². The Bertz CT molecular complexity index is 3640. The molecule has 13 rings (SSSR count). The molecular formula is C52H28O. The summed E-state index contributed by atoms with van der Waals surface area (Å²) < 4.78 is 7.14. The molecule has 13 aromatic rings. The van der Waals surface area contributed by atoms with Gasteiger partial charge in [0.05, 0.1) is 0 Å². The van der Waals surface area contributed by atoms with Gasteiger partial charge >= 0.3 is 0 Å². The van der Waals surface area contributed by atoms with Gasteiger partial charge in [-0.2, -0.15) is 0 Å². The van der Waals surface area contributed by atoms with Crippen molar-refractivity contribution >= 4 is 108 Å². The molecule has 0 aliphatic heterocycles. The fourth-order valence-electron chi connectivity index (χ4n) is 9.73. The van der Waals surface area contributed by atoms with Crippen LogP contribution in [0.1, 0.15) is 0 Å². The summed E-state index contributed by atoms with van der Waals surface area (Å²) in [7, 11) is 0. The lowest BCUT2D eigenvalue weighted by molar-refractivity contribution is 0.674. The zero-order chi connectivity index (χ0) is 34.4. The Kier molecular flexibility index (Phi) is 5.17. The lowest BCUT2D eigenvalue weighted by atomic mass is 9.87. The van der Waals surface area contributed by atoms with E-state index in [1.54, 1.807) is 0 Å². The van der Waals surface area contributed by atoms with Gasteiger partial charge in [-0.15, -0.1) is 0 Å². The maximum Gasteiger partial charge on any atom is 0.143 e. The van der Waals surface area contributed by atoms with E-state index in [2.05, 4.69) is 170 Å². The third-order valence-corrected chi connectivity index (χ3v) is 12.1. The summed E-state index contributed by atoms with van der Waals surface area (Å²) in [5.74, 6) is 0. The molecule has 1 heterocycles. The van der Waals surface area contributed by atoms with Crippen LogP contribution in [0.5, 0.6) is 0 Å². The van der Waals surface area contributed by atoms with Gasteiger partial charge in [0.1, 0.15) is 11.2 Å². The van der Waals surface area contributed by atoms with Gasteiger partial charge in [0.15, 0.2) is 0 Å². The number of furan rings is 1. The summed E-state index contributed by atoms with van der Waals surface area (Å²) in [4.78, 5) is 0. The molecule has 0 aliphatic carbocycles. The molecule has 1 nitrogen and oxygen atoms in total. The van der Waals surface area contributed by atoms with Crippen LogP contribution in [0.4, 0.5) is 0 Å². The van der Waals surface area contributed by atoms with Crippen molar-refractivity contribution in [3.8, 4) is 22.3 Å². The van der Waals surface area contributed by atoms with E-state index in [4.69, 9.17) is 4.42 Å². The van der Waals surface area contributed by atoms with E-state index in [9.17, 15) is 0 Å². The van der Waals surface area contributed by atoms with Crippen LogP contribution >= 0.6 is 0 Å². The topological polar surface area (TPSA) is 13.1 Å². The van der Waals surface area contributed by atoms with Gasteiger partial charge in [0.25, 0.3) is 0 Å². The van der Waals surface area contributed by atoms with Crippen LogP contribution in [0.15, 0.2) is 174 Å². The molecule has 0 bridgehead atoms. The smallest absolute Gasteiger partial charge is 0.143 e. The second-order valence-electron chi connectivity index (χ2n) is 14.8. The first-order chi connectivity index (χ1) is 26.3. The van der Waals surface area contributed by atoms with Crippen molar-refractivity contribution in [2.75, 3.05) is 0 Å². The number of hydrogen-bond acceptors (Lipinski definition) is 1. The summed E-state index contributed by atoms with van der Waals surface area (Å²) in [5, 5.41) is 22.6. The molecule has 12 aromatic carbocycles. The van der Waals surface area contributed by atoms with E-state index >= 15 is 0 Å². The second kappa shape index (κ2) is 9.88. The molecule has 0 unspecified atom stereocenters. The Morgan fingerprint density at radius 3 is 1.45 bits per heavy atom. The molecule has 0 spiro atoms. The van der Waals surface area contributed by atoms with E-state index in [0.717, 1.165) is 27.5 Å². The van der Waals surface area contributed by atoms with E-state index in [1.807, 2.05) is 0 Å². The zero-order valence-corrected chi connectivity index (χ0v) is 28.6. The van der Waals surface area contributed by atoms with E-state index in [1.165, 1.54) is 103 Å². The molecule has 0 radical (unpaired) electrons. The van der Waals surface area contributed by atoms with Gasteiger partial charge in [-0.05, 0) is 116 Å². The van der Waals surface area contributed by atoms with Crippen molar-refractivity contribution in [2.24, 2.45) is 0 Å². The van der Waals surface area contributed by atoms with Gasteiger partial charge in [-0.25, -0.2) is 0 Å². The highest BCUT2D eigenvalue weighted by molar-refractivity contribution is 6.31. The third-order valence-electron chi connectivity index (χ3n) is 12.1. The van der Waals surface area contributed by atoms with Crippen LogP contribution in [-0.2, 0) is 0 Å². The van der Waals surface area contributed by atoms with Crippen LogP contribution in [-0.4, -0.2) is 0 Å². The summed E-state index contributed by atoms with van der Waals surface area (Å²) in [6, 6.07) is 63.1. The SMILES string of the molecule is c1ccc2c(c1)ccc1c2oc2c(-c3ccc4ccc5cccc6ccc3c4c56)cc3ccc(-c4ccc5ccc6cccc7ccc4c5c67)cc3c21. The molecule has 0 fully saturated rings. The lowest BCUT2D eigenvalue weighted by Gasteiger charge is -2.16. The molecule has 0 amide bonds. The normalized spacial score (nSPS) is 12.5. The monoisotopic (exact) mass is 668 g/mol. The Labute approximate surface area is 303 Å². The highest BCUT2D eigenvalue weighted by atomic mass is 16.3. The highest BCUT2D eigenvalue weighted by Crippen LogP contribution is 2.48. The lowest BCUT2D eigenvalue weighted by Crippen LogP contribution is -1.89. The minimum atomic E-state index is 0.936. The Morgan fingerprint density at radius 1 is 0.245 bits per heavy atom. The van der Waals surface area contributed by atoms with Crippen LogP contribution in [0.25, 0.3) is 130 Å². The number of hydrogen-bond donors (Lipinski definition) is 0. The molecule has 242 valence electrons. The molecule has 0 N–H and O–H groups in total. The van der Waals surface area contributed by atoms with Crippen LogP contribution in [0, 0.1) is 0 Å². The second-order valence-corrected chi connectivity index (χ2v) is 14.8.